The molecule has 0 saturated carbocycles. The van der Waals surface area contributed by atoms with Crippen LogP contribution in [0.1, 0.15) is 15.9 Å². The normalized spacial score (nSPS) is 13.9. The fraction of sp³-hybridized carbons (Fsp3) is 0.208. The fourth-order valence-electron chi connectivity index (χ4n) is 4.03. The second-order valence-electron chi connectivity index (χ2n) is 7.89. The third-order valence-electron chi connectivity index (χ3n) is 5.68. The van der Waals surface area contributed by atoms with E-state index in [0.29, 0.717) is 12.1 Å². The zero-order valence-corrected chi connectivity index (χ0v) is 17.7. The lowest BCUT2D eigenvalue weighted by atomic mass is 10.1. The van der Waals surface area contributed by atoms with Crippen LogP contribution in [0.3, 0.4) is 0 Å². The lowest BCUT2D eigenvalue weighted by Gasteiger charge is -2.28. The molecule has 0 unspecified atom stereocenters. The van der Waals surface area contributed by atoms with E-state index in [1.54, 1.807) is 6.20 Å². The van der Waals surface area contributed by atoms with Gasteiger partial charge in [0.25, 0.3) is 5.91 Å². The molecule has 4 aromatic rings. The lowest BCUT2D eigenvalue weighted by Crippen LogP contribution is -2.44. The highest BCUT2D eigenvalue weighted by molar-refractivity contribution is 5.99. The largest absolute Gasteiger partial charge is 0.365 e. The molecule has 162 valence electrons. The van der Waals surface area contributed by atoms with Crippen molar-refractivity contribution in [2.45, 2.75) is 6.54 Å². The van der Waals surface area contributed by atoms with E-state index >= 15 is 0 Å². The van der Waals surface area contributed by atoms with Gasteiger partial charge in [0.15, 0.2) is 0 Å². The van der Waals surface area contributed by atoms with Gasteiger partial charge in [-0.15, -0.1) is 0 Å². The van der Waals surface area contributed by atoms with Gasteiger partial charge in [-0.3, -0.25) is 14.5 Å². The van der Waals surface area contributed by atoms with Crippen molar-refractivity contribution in [2.75, 3.05) is 31.1 Å². The van der Waals surface area contributed by atoms with Gasteiger partial charge in [-0.25, -0.2) is 0 Å². The Labute approximate surface area is 186 Å². The summed E-state index contributed by atoms with van der Waals surface area (Å²) in [5.74, 6) is 0.348. The van der Waals surface area contributed by atoms with Crippen LogP contribution in [0.2, 0.25) is 0 Å². The highest BCUT2D eigenvalue weighted by atomic mass is 16.1. The third-order valence-corrected chi connectivity index (χ3v) is 5.68. The quantitative estimate of drug-likeness (QED) is 0.439. The van der Waals surface area contributed by atoms with Crippen LogP contribution in [0.15, 0.2) is 67.1 Å². The molecule has 4 N–H and O–H groups in total. The second kappa shape index (κ2) is 8.68. The number of nitrogens with two attached hydrogens (primary N) is 1. The zero-order chi connectivity index (χ0) is 21.9. The maximum absolute atomic E-state index is 12.1. The Balaban J connectivity index is 1.43. The summed E-state index contributed by atoms with van der Waals surface area (Å²) < 4.78 is 1.90. The molecular formula is C24H25N7O. The topological polar surface area (TPSA) is 105 Å². The van der Waals surface area contributed by atoms with Gasteiger partial charge in [-0.05, 0) is 23.8 Å². The summed E-state index contributed by atoms with van der Waals surface area (Å²) in [6.07, 6.45) is 5.59. The third kappa shape index (κ3) is 4.13. The molecule has 4 heterocycles. The Hall–Kier alpha value is -3.91. The lowest BCUT2D eigenvalue weighted by molar-refractivity contribution is 0.100. The van der Waals surface area contributed by atoms with E-state index < -0.39 is 5.91 Å². The fourth-order valence-corrected chi connectivity index (χ4v) is 4.03. The predicted octanol–water partition coefficient (Wildman–Crippen LogP) is 2.50. The molecular weight excluding hydrogens is 402 g/mol. The van der Waals surface area contributed by atoms with E-state index in [-0.39, 0.29) is 0 Å². The Morgan fingerprint density at radius 3 is 2.66 bits per heavy atom. The van der Waals surface area contributed by atoms with Crippen LogP contribution in [0.25, 0.3) is 22.5 Å². The standard InChI is InChI=1S/C24H25N7O/c25-23(32)20-13-22(29-24(20)30-10-8-26-9-11-30)18-6-7-27-21(12-18)19-14-28-31(16-19)15-17-4-2-1-3-5-17/h1-7,12-14,16,26,29H,8-11,15H2,(H2,25,32). The van der Waals surface area contributed by atoms with E-state index in [2.05, 4.69) is 37.4 Å². The van der Waals surface area contributed by atoms with Crippen LogP contribution in [0.5, 0.6) is 0 Å². The van der Waals surface area contributed by atoms with Crippen LogP contribution in [0, 0.1) is 0 Å². The van der Waals surface area contributed by atoms with Gasteiger partial charge < -0.3 is 20.9 Å². The molecule has 0 spiro atoms. The van der Waals surface area contributed by atoms with Gasteiger partial charge in [-0.2, -0.15) is 5.10 Å². The Kier molecular flexibility index (Phi) is 5.43. The summed E-state index contributed by atoms with van der Waals surface area (Å²) in [5, 5.41) is 7.81. The first-order valence-corrected chi connectivity index (χ1v) is 10.7. The van der Waals surface area contributed by atoms with Crippen molar-refractivity contribution >= 4 is 11.7 Å². The van der Waals surface area contributed by atoms with Crippen molar-refractivity contribution in [3.05, 3.63) is 78.2 Å². The summed E-state index contributed by atoms with van der Waals surface area (Å²) in [7, 11) is 0. The number of pyridine rings is 1. The number of piperazine rings is 1. The van der Waals surface area contributed by atoms with E-state index in [1.165, 1.54) is 5.56 Å². The van der Waals surface area contributed by atoms with Gasteiger partial charge in [0.1, 0.15) is 5.82 Å². The average Bonchev–Trinajstić information content (AvgIpc) is 3.48. The molecule has 3 aromatic heterocycles. The number of primary amides is 1. The predicted molar refractivity (Wildman–Crippen MR) is 124 cm³/mol. The molecule has 0 aliphatic carbocycles. The number of hydrogen-bond acceptors (Lipinski definition) is 5. The van der Waals surface area contributed by atoms with Gasteiger partial charge in [0.05, 0.1) is 24.0 Å². The van der Waals surface area contributed by atoms with Gasteiger partial charge in [-0.1, -0.05) is 30.3 Å². The van der Waals surface area contributed by atoms with Crippen molar-refractivity contribution in [1.82, 2.24) is 25.1 Å². The zero-order valence-electron chi connectivity index (χ0n) is 17.7. The number of nitrogens with zero attached hydrogens (tertiary/aromatic N) is 4. The van der Waals surface area contributed by atoms with Crippen molar-refractivity contribution < 1.29 is 4.79 Å². The second-order valence-corrected chi connectivity index (χ2v) is 7.89. The number of nitrogens with one attached hydrogen (secondary N) is 2. The molecule has 1 aliphatic rings. The molecule has 1 saturated heterocycles. The summed E-state index contributed by atoms with van der Waals surface area (Å²) in [6.45, 7) is 4.09. The molecule has 0 atom stereocenters. The average molecular weight is 428 g/mol. The number of carbonyl (C=O) groups excluding carboxylic acids is 1. The molecule has 1 aliphatic heterocycles. The number of anilines is 1. The number of hydrogen-bond donors (Lipinski definition) is 3. The molecule has 0 radical (unpaired) electrons. The summed E-state index contributed by atoms with van der Waals surface area (Å²) in [4.78, 5) is 22.2. The molecule has 32 heavy (non-hydrogen) atoms. The molecule has 8 heteroatoms. The first-order chi connectivity index (χ1) is 15.7. The van der Waals surface area contributed by atoms with Crippen molar-refractivity contribution in [1.29, 1.82) is 0 Å². The smallest absolute Gasteiger partial charge is 0.252 e. The number of carbonyl (C=O) groups is 1. The number of rotatable bonds is 6. The number of benzene rings is 1. The van der Waals surface area contributed by atoms with Crippen molar-refractivity contribution in [2.24, 2.45) is 5.73 Å². The van der Waals surface area contributed by atoms with Gasteiger partial charge >= 0.3 is 0 Å². The van der Waals surface area contributed by atoms with Crippen LogP contribution < -0.4 is 16.0 Å². The molecule has 8 nitrogen and oxygen atoms in total. The summed E-state index contributed by atoms with van der Waals surface area (Å²) in [5.41, 5.74) is 10.9. The molecule has 1 fully saturated rings. The van der Waals surface area contributed by atoms with Crippen molar-refractivity contribution in [3.8, 4) is 22.5 Å². The molecule has 5 rings (SSSR count). The van der Waals surface area contributed by atoms with E-state index in [0.717, 1.165) is 54.5 Å². The van der Waals surface area contributed by atoms with Gasteiger partial charge in [0, 0.05) is 55.4 Å². The Morgan fingerprint density at radius 1 is 1.06 bits per heavy atom. The Morgan fingerprint density at radius 2 is 1.88 bits per heavy atom. The van der Waals surface area contributed by atoms with Crippen LogP contribution in [0.4, 0.5) is 5.82 Å². The minimum Gasteiger partial charge on any atom is -0.365 e. The van der Waals surface area contributed by atoms with Crippen LogP contribution >= 0.6 is 0 Å². The van der Waals surface area contributed by atoms with E-state index in [1.807, 2.05) is 53.5 Å². The number of aromatic amines is 1. The first kappa shape index (κ1) is 20.0. The Bertz CT molecular complexity index is 1220. The first-order valence-electron chi connectivity index (χ1n) is 10.7. The van der Waals surface area contributed by atoms with Gasteiger partial charge in [0.2, 0.25) is 0 Å². The maximum atomic E-state index is 12.1. The van der Waals surface area contributed by atoms with Crippen LogP contribution in [-0.2, 0) is 6.54 Å². The minimum atomic E-state index is -0.433. The summed E-state index contributed by atoms with van der Waals surface area (Å²) >= 11 is 0. The maximum Gasteiger partial charge on any atom is 0.252 e. The molecule has 1 aromatic carbocycles. The van der Waals surface area contributed by atoms with Crippen LogP contribution in [-0.4, -0.2) is 51.8 Å². The van der Waals surface area contributed by atoms with Crippen molar-refractivity contribution in [3.63, 3.8) is 0 Å². The highest BCUT2D eigenvalue weighted by Gasteiger charge is 2.21. The number of amides is 1. The number of H-pyrrole nitrogens is 1. The molecule has 1 amide bonds. The SMILES string of the molecule is NC(=O)c1cc(-c2ccnc(-c3cnn(Cc4ccccc4)c3)c2)[nH]c1N1CCNCC1. The number of aromatic nitrogens is 4. The minimum absolute atomic E-state index is 0.433. The highest BCUT2D eigenvalue weighted by Crippen LogP contribution is 2.29. The monoisotopic (exact) mass is 427 g/mol. The summed E-state index contributed by atoms with van der Waals surface area (Å²) in [6, 6.07) is 16.0. The van der Waals surface area contributed by atoms with E-state index in [4.69, 9.17) is 5.73 Å². The molecule has 0 bridgehead atoms. The van der Waals surface area contributed by atoms with E-state index in [9.17, 15) is 4.79 Å².